The Hall–Kier alpha value is -3.92. The lowest BCUT2D eigenvalue weighted by Crippen LogP contribution is -1.89. The first-order chi connectivity index (χ1) is 19.1. The lowest BCUT2D eigenvalue weighted by Gasteiger charge is -2.09. The second-order valence-electron chi connectivity index (χ2n) is 8.58. The summed E-state index contributed by atoms with van der Waals surface area (Å²) in [5, 5.41) is 0. The van der Waals surface area contributed by atoms with Crippen molar-refractivity contribution >= 4 is 45.4 Å². The summed E-state index contributed by atoms with van der Waals surface area (Å²) in [4.78, 5) is 4.48. The van der Waals surface area contributed by atoms with Gasteiger partial charge < -0.3 is 18.9 Å². The third kappa shape index (κ3) is 4.63. The quantitative estimate of drug-likeness (QED) is 0.182. The zero-order valence-electron chi connectivity index (χ0n) is 21.7. The molecule has 0 unspecified atom stereocenters. The van der Waals surface area contributed by atoms with E-state index in [1.165, 1.54) is 11.7 Å². The molecule has 3 aromatic carbocycles. The van der Waals surface area contributed by atoms with Crippen LogP contribution in [-0.2, 0) is 0 Å². The molecule has 0 aliphatic heterocycles. The molecule has 0 spiro atoms. The summed E-state index contributed by atoms with van der Waals surface area (Å²) in [6.07, 6.45) is 0. The van der Waals surface area contributed by atoms with Crippen LogP contribution in [0.1, 0.15) is 0 Å². The van der Waals surface area contributed by atoms with Crippen LogP contribution in [0.5, 0.6) is 23.0 Å². The van der Waals surface area contributed by atoms with Gasteiger partial charge in [-0.25, -0.2) is 0 Å². The number of methoxy groups -OCH3 is 4. The van der Waals surface area contributed by atoms with E-state index in [-0.39, 0.29) is 0 Å². The van der Waals surface area contributed by atoms with Crippen LogP contribution in [0.25, 0.3) is 52.8 Å². The summed E-state index contributed by atoms with van der Waals surface area (Å²) in [5.74, 6) is 3.09. The van der Waals surface area contributed by atoms with Crippen molar-refractivity contribution < 1.29 is 18.9 Å². The van der Waals surface area contributed by atoms with E-state index < -0.39 is 0 Å². The van der Waals surface area contributed by atoms with Gasteiger partial charge in [-0.05, 0) is 48.5 Å². The molecule has 0 aliphatic carbocycles. The van der Waals surface area contributed by atoms with Crippen LogP contribution >= 0.6 is 34.4 Å². The number of ether oxygens (including phenoxy) is 4. The summed E-state index contributed by atoms with van der Waals surface area (Å²) in [6, 6.07) is 24.6. The number of benzene rings is 3. The Labute approximate surface area is 238 Å². The molecule has 6 aromatic rings. The van der Waals surface area contributed by atoms with Crippen LogP contribution < -0.4 is 18.9 Å². The highest BCUT2D eigenvalue weighted by molar-refractivity contribution is 7.19. The molecule has 3 aromatic heterocycles. The maximum atomic E-state index is 5.63. The van der Waals surface area contributed by atoms with Crippen molar-refractivity contribution in [2.24, 2.45) is 0 Å². The lowest BCUT2D eigenvalue weighted by atomic mass is 10.1. The van der Waals surface area contributed by atoms with E-state index >= 15 is 0 Å². The smallest absolute Gasteiger partial charge is 0.131 e. The Morgan fingerprint density at radius 3 is 1.23 bits per heavy atom. The number of hydrogen-bond acceptors (Lipinski definition) is 9. The third-order valence-corrected chi connectivity index (χ3v) is 9.34. The van der Waals surface area contributed by atoms with Crippen molar-refractivity contribution in [3.8, 4) is 64.8 Å². The van der Waals surface area contributed by atoms with Gasteiger partial charge in [0, 0.05) is 53.9 Å². The largest absolute Gasteiger partial charge is 0.497 e. The van der Waals surface area contributed by atoms with Crippen LogP contribution in [-0.4, -0.2) is 37.2 Å². The van der Waals surface area contributed by atoms with Crippen LogP contribution in [0.2, 0.25) is 0 Å². The minimum atomic E-state index is 0.764. The maximum Gasteiger partial charge on any atom is 0.131 e. The Kier molecular flexibility index (Phi) is 6.95. The number of aromatic nitrogens is 2. The van der Waals surface area contributed by atoms with Crippen molar-refractivity contribution in [2.75, 3.05) is 28.4 Å². The zero-order chi connectivity index (χ0) is 26.9. The number of fused-ring (bicyclic) bond motifs is 1. The normalized spacial score (nSPS) is 11.1. The van der Waals surface area contributed by atoms with E-state index in [1.54, 1.807) is 51.1 Å². The van der Waals surface area contributed by atoms with E-state index in [0.29, 0.717) is 0 Å². The van der Waals surface area contributed by atoms with Gasteiger partial charge in [0.2, 0.25) is 0 Å². The SMILES string of the molecule is COc1ccc(-c2ccc(-c3ccc(-c4ccc(-c5ccc(OC)cc5OC)s4)c4nsnc34)s2)c(OC)c1. The van der Waals surface area contributed by atoms with Crippen LogP contribution in [0.3, 0.4) is 0 Å². The van der Waals surface area contributed by atoms with Gasteiger partial charge in [0.05, 0.1) is 40.2 Å². The van der Waals surface area contributed by atoms with Gasteiger partial charge in [-0.1, -0.05) is 12.1 Å². The van der Waals surface area contributed by atoms with E-state index in [4.69, 9.17) is 27.7 Å². The lowest BCUT2D eigenvalue weighted by molar-refractivity contribution is 0.395. The first kappa shape index (κ1) is 25.4. The molecule has 0 saturated heterocycles. The average Bonchev–Trinajstić information content (AvgIpc) is 3.77. The van der Waals surface area contributed by atoms with Crippen molar-refractivity contribution in [3.05, 3.63) is 72.8 Å². The fourth-order valence-corrected chi connectivity index (χ4v) is 7.22. The van der Waals surface area contributed by atoms with Gasteiger partial charge in [0.25, 0.3) is 0 Å². The highest BCUT2D eigenvalue weighted by Crippen LogP contribution is 2.45. The molecule has 6 nitrogen and oxygen atoms in total. The number of hydrogen-bond donors (Lipinski definition) is 0. The predicted molar refractivity (Wildman–Crippen MR) is 161 cm³/mol. The highest BCUT2D eigenvalue weighted by atomic mass is 32.1. The first-order valence-corrected chi connectivity index (χ1v) is 14.4. The summed E-state index contributed by atoms with van der Waals surface area (Å²) < 4.78 is 31.4. The Balaban J connectivity index is 1.36. The van der Waals surface area contributed by atoms with Crippen LogP contribution in [0, 0.1) is 0 Å². The molecule has 6 rings (SSSR count). The molecule has 9 heteroatoms. The summed E-state index contributed by atoms with van der Waals surface area (Å²) in [7, 11) is 6.66. The molecule has 0 atom stereocenters. The van der Waals surface area contributed by atoms with Gasteiger partial charge in [-0.3, -0.25) is 0 Å². The van der Waals surface area contributed by atoms with Crippen LogP contribution in [0.4, 0.5) is 0 Å². The highest BCUT2D eigenvalue weighted by Gasteiger charge is 2.18. The van der Waals surface area contributed by atoms with Crippen LogP contribution in [0.15, 0.2) is 72.8 Å². The second kappa shape index (κ2) is 10.7. The first-order valence-electron chi connectivity index (χ1n) is 12.0. The topological polar surface area (TPSA) is 62.7 Å². The molecule has 0 aliphatic rings. The summed E-state index contributed by atoms with van der Waals surface area (Å²) in [6.45, 7) is 0. The van der Waals surface area contributed by atoms with Crippen molar-refractivity contribution in [1.29, 1.82) is 0 Å². The average molecular weight is 573 g/mol. The van der Waals surface area contributed by atoms with Crippen molar-refractivity contribution in [1.82, 2.24) is 8.75 Å². The summed E-state index contributed by atoms with van der Waals surface area (Å²) >= 11 is 4.65. The Bertz CT molecular complexity index is 1660. The van der Waals surface area contributed by atoms with E-state index in [2.05, 4.69) is 36.4 Å². The van der Waals surface area contributed by atoms with Gasteiger partial charge in [0.1, 0.15) is 34.0 Å². The molecule has 0 saturated carbocycles. The van der Waals surface area contributed by atoms with E-state index in [1.807, 2.05) is 36.4 Å². The van der Waals surface area contributed by atoms with Gasteiger partial charge in [0.15, 0.2) is 0 Å². The Morgan fingerprint density at radius 2 is 0.846 bits per heavy atom. The predicted octanol–water partition coefficient (Wildman–Crippen LogP) is 8.52. The molecule has 0 N–H and O–H groups in total. The minimum absolute atomic E-state index is 0.764. The second-order valence-corrected chi connectivity index (χ2v) is 11.3. The Morgan fingerprint density at radius 1 is 0.462 bits per heavy atom. The molecule has 39 heavy (non-hydrogen) atoms. The standard InChI is InChI=1S/C30H24N2O4S3/c1-33-17-5-7-19(23(15-17)35-3)25-11-13-27(37-25)21-9-10-22(30-29(21)31-39-32-30)28-14-12-26(38-28)20-8-6-18(34-2)16-24(20)36-4/h5-16H,1-4H3. The van der Waals surface area contributed by atoms with E-state index in [0.717, 1.165) is 75.8 Å². The van der Waals surface area contributed by atoms with Gasteiger partial charge in [-0.15, -0.1) is 22.7 Å². The molecule has 3 heterocycles. The molecule has 196 valence electrons. The molecule has 0 radical (unpaired) electrons. The number of rotatable bonds is 8. The van der Waals surface area contributed by atoms with Crippen molar-refractivity contribution in [2.45, 2.75) is 0 Å². The fourth-order valence-electron chi connectivity index (χ4n) is 4.52. The van der Waals surface area contributed by atoms with Gasteiger partial charge >= 0.3 is 0 Å². The molecule has 0 bridgehead atoms. The van der Waals surface area contributed by atoms with E-state index in [9.17, 15) is 0 Å². The zero-order valence-corrected chi connectivity index (χ0v) is 24.1. The molecular formula is C30H24N2O4S3. The minimum Gasteiger partial charge on any atom is -0.497 e. The third-order valence-electron chi connectivity index (χ3n) is 6.51. The summed E-state index contributed by atoms with van der Waals surface area (Å²) in [5.41, 5.74) is 6.01. The fraction of sp³-hybridized carbons (Fsp3) is 0.133. The molecule has 0 fully saturated rings. The van der Waals surface area contributed by atoms with Crippen molar-refractivity contribution in [3.63, 3.8) is 0 Å². The monoisotopic (exact) mass is 572 g/mol. The number of nitrogens with zero attached hydrogens (tertiary/aromatic N) is 2. The van der Waals surface area contributed by atoms with Gasteiger partial charge in [-0.2, -0.15) is 8.75 Å². The number of thiophene rings is 2. The molecule has 0 amide bonds. The maximum absolute atomic E-state index is 5.63. The molecular weight excluding hydrogens is 549 g/mol.